The van der Waals surface area contributed by atoms with Gasteiger partial charge in [0.1, 0.15) is 23.9 Å². The maximum absolute atomic E-state index is 11.7. The van der Waals surface area contributed by atoms with Crippen LogP contribution in [0.5, 0.6) is 17.2 Å². The minimum atomic E-state index is -0.236. The van der Waals surface area contributed by atoms with E-state index < -0.39 is 0 Å². The van der Waals surface area contributed by atoms with Gasteiger partial charge in [-0.15, -0.1) is 0 Å². The van der Waals surface area contributed by atoms with Gasteiger partial charge in [-0.1, -0.05) is 18.2 Å². The van der Waals surface area contributed by atoms with Crippen molar-refractivity contribution >= 4 is 6.03 Å². The number of methoxy groups -OCH3 is 2. The Bertz CT molecular complexity index is 644. The predicted molar refractivity (Wildman–Crippen MR) is 91.7 cm³/mol. The zero-order valence-electron chi connectivity index (χ0n) is 13.9. The number of rotatable bonds is 8. The molecule has 0 aliphatic heterocycles. The number of carbonyl (C=O) groups excluding carboxylic acids is 1. The SMILES string of the molecule is COc1ccc(CNC(=O)NCCOc2cccc(OC)c2)cc1. The molecule has 0 atom stereocenters. The second-order valence-corrected chi connectivity index (χ2v) is 4.98. The molecule has 0 aliphatic rings. The van der Waals surface area contributed by atoms with Crippen molar-refractivity contribution in [3.8, 4) is 17.2 Å². The Morgan fingerprint density at radius 2 is 1.62 bits per heavy atom. The molecule has 0 aliphatic carbocycles. The number of urea groups is 1. The van der Waals surface area contributed by atoms with E-state index >= 15 is 0 Å². The van der Waals surface area contributed by atoms with E-state index in [0.29, 0.717) is 25.4 Å². The molecule has 0 bridgehead atoms. The quantitative estimate of drug-likeness (QED) is 0.730. The Morgan fingerprint density at radius 1 is 0.917 bits per heavy atom. The van der Waals surface area contributed by atoms with E-state index in [9.17, 15) is 4.79 Å². The van der Waals surface area contributed by atoms with Gasteiger partial charge in [0.05, 0.1) is 20.8 Å². The Balaban J connectivity index is 1.63. The summed E-state index contributed by atoms with van der Waals surface area (Å²) in [7, 11) is 3.22. The summed E-state index contributed by atoms with van der Waals surface area (Å²) in [5.41, 5.74) is 0.999. The van der Waals surface area contributed by atoms with Crippen molar-refractivity contribution in [3.05, 3.63) is 54.1 Å². The fraction of sp³-hybridized carbons (Fsp3) is 0.278. The highest BCUT2D eigenvalue weighted by atomic mass is 16.5. The van der Waals surface area contributed by atoms with Crippen LogP contribution in [0.1, 0.15) is 5.56 Å². The van der Waals surface area contributed by atoms with Crippen LogP contribution in [-0.4, -0.2) is 33.4 Å². The second-order valence-electron chi connectivity index (χ2n) is 4.98. The van der Waals surface area contributed by atoms with Crippen molar-refractivity contribution in [2.75, 3.05) is 27.4 Å². The first kappa shape index (κ1) is 17.5. The van der Waals surface area contributed by atoms with E-state index in [1.54, 1.807) is 20.3 Å². The van der Waals surface area contributed by atoms with Crippen LogP contribution in [0.15, 0.2) is 48.5 Å². The third-order valence-electron chi connectivity index (χ3n) is 3.31. The van der Waals surface area contributed by atoms with Crippen LogP contribution in [0.25, 0.3) is 0 Å². The van der Waals surface area contributed by atoms with Gasteiger partial charge in [0.2, 0.25) is 0 Å². The maximum Gasteiger partial charge on any atom is 0.315 e. The lowest BCUT2D eigenvalue weighted by Crippen LogP contribution is -2.37. The molecule has 0 fully saturated rings. The Hall–Kier alpha value is -2.89. The summed E-state index contributed by atoms with van der Waals surface area (Å²) >= 11 is 0. The third-order valence-corrected chi connectivity index (χ3v) is 3.31. The number of carbonyl (C=O) groups is 1. The molecule has 0 radical (unpaired) electrons. The monoisotopic (exact) mass is 330 g/mol. The molecule has 6 nitrogen and oxygen atoms in total. The van der Waals surface area contributed by atoms with E-state index in [-0.39, 0.29) is 6.03 Å². The summed E-state index contributed by atoms with van der Waals surface area (Å²) < 4.78 is 15.8. The van der Waals surface area contributed by atoms with Gasteiger partial charge in [0.15, 0.2) is 0 Å². The average Bonchev–Trinajstić information content (AvgIpc) is 2.64. The summed E-state index contributed by atoms with van der Waals surface area (Å²) in [6.07, 6.45) is 0. The van der Waals surface area contributed by atoms with Gasteiger partial charge in [0.25, 0.3) is 0 Å². The summed E-state index contributed by atoms with van der Waals surface area (Å²) in [4.78, 5) is 11.7. The van der Waals surface area contributed by atoms with Crippen LogP contribution in [0.3, 0.4) is 0 Å². The predicted octanol–water partition coefficient (Wildman–Crippen LogP) is 2.58. The molecule has 24 heavy (non-hydrogen) atoms. The van der Waals surface area contributed by atoms with E-state index in [4.69, 9.17) is 14.2 Å². The summed E-state index contributed by atoms with van der Waals surface area (Å²) in [5.74, 6) is 2.23. The fourth-order valence-corrected chi connectivity index (χ4v) is 2.01. The van der Waals surface area contributed by atoms with E-state index in [0.717, 1.165) is 17.1 Å². The van der Waals surface area contributed by atoms with Crippen LogP contribution in [0.2, 0.25) is 0 Å². The number of nitrogens with one attached hydrogen (secondary N) is 2. The third kappa shape index (κ3) is 5.72. The van der Waals surface area contributed by atoms with Gasteiger partial charge in [-0.3, -0.25) is 0 Å². The molecule has 2 aromatic rings. The van der Waals surface area contributed by atoms with E-state index in [2.05, 4.69) is 10.6 Å². The molecule has 2 aromatic carbocycles. The number of benzene rings is 2. The van der Waals surface area contributed by atoms with Crippen molar-refractivity contribution in [2.24, 2.45) is 0 Å². The Morgan fingerprint density at radius 3 is 2.33 bits per heavy atom. The fourth-order valence-electron chi connectivity index (χ4n) is 2.01. The molecule has 0 aromatic heterocycles. The highest BCUT2D eigenvalue weighted by molar-refractivity contribution is 5.73. The highest BCUT2D eigenvalue weighted by Gasteiger charge is 2.01. The number of amides is 2. The van der Waals surface area contributed by atoms with Crippen molar-refractivity contribution in [1.82, 2.24) is 10.6 Å². The molecular weight excluding hydrogens is 308 g/mol. The zero-order chi connectivity index (χ0) is 17.2. The number of hydrogen-bond acceptors (Lipinski definition) is 4. The number of ether oxygens (including phenoxy) is 3. The molecule has 0 saturated carbocycles. The standard InChI is InChI=1S/C18H22N2O4/c1-22-15-8-6-14(7-9-15)13-20-18(21)19-10-11-24-17-5-3-4-16(12-17)23-2/h3-9,12H,10-11,13H2,1-2H3,(H2,19,20,21). The van der Waals surface area contributed by atoms with Gasteiger partial charge >= 0.3 is 6.03 Å². The van der Waals surface area contributed by atoms with Crippen molar-refractivity contribution in [3.63, 3.8) is 0 Å². The van der Waals surface area contributed by atoms with Crippen LogP contribution < -0.4 is 24.8 Å². The minimum Gasteiger partial charge on any atom is -0.497 e. The topological polar surface area (TPSA) is 68.8 Å². The summed E-state index contributed by atoms with van der Waals surface area (Å²) in [5, 5.41) is 5.53. The molecule has 0 saturated heterocycles. The number of hydrogen-bond donors (Lipinski definition) is 2. The maximum atomic E-state index is 11.7. The van der Waals surface area contributed by atoms with Gasteiger partial charge in [0, 0.05) is 12.6 Å². The van der Waals surface area contributed by atoms with Crippen molar-refractivity contribution in [2.45, 2.75) is 6.54 Å². The van der Waals surface area contributed by atoms with Crippen LogP contribution in [-0.2, 0) is 6.54 Å². The summed E-state index contributed by atoms with van der Waals surface area (Å²) in [6, 6.07) is 14.6. The van der Waals surface area contributed by atoms with E-state index in [1.807, 2.05) is 42.5 Å². The van der Waals surface area contributed by atoms with Crippen LogP contribution in [0, 0.1) is 0 Å². The van der Waals surface area contributed by atoms with Gasteiger partial charge in [-0.05, 0) is 29.8 Å². The van der Waals surface area contributed by atoms with Crippen LogP contribution >= 0.6 is 0 Å². The zero-order valence-corrected chi connectivity index (χ0v) is 13.9. The second kappa shape index (κ2) is 9.29. The first-order valence-corrected chi connectivity index (χ1v) is 7.63. The highest BCUT2D eigenvalue weighted by Crippen LogP contribution is 2.18. The first-order valence-electron chi connectivity index (χ1n) is 7.63. The molecule has 2 rings (SSSR count). The van der Waals surface area contributed by atoms with Gasteiger partial charge < -0.3 is 24.8 Å². The molecule has 6 heteroatoms. The molecule has 0 spiro atoms. The summed E-state index contributed by atoms with van der Waals surface area (Å²) in [6.45, 7) is 1.24. The molecule has 0 unspecified atom stereocenters. The minimum absolute atomic E-state index is 0.236. The van der Waals surface area contributed by atoms with E-state index in [1.165, 1.54) is 0 Å². The smallest absolute Gasteiger partial charge is 0.315 e. The van der Waals surface area contributed by atoms with Crippen molar-refractivity contribution < 1.29 is 19.0 Å². The largest absolute Gasteiger partial charge is 0.497 e. The Labute approximate surface area is 141 Å². The molecule has 0 heterocycles. The van der Waals surface area contributed by atoms with Crippen LogP contribution in [0.4, 0.5) is 4.79 Å². The lowest BCUT2D eigenvalue weighted by atomic mass is 10.2. The molecule has 2 amide bonds. The molecular formula is C18H22N2O4. The van der Waals surface area contributed by atoms with Gasteiger partial charge in [-0.2, -0.15) is 0 Å². The average molecular weight is 330 g/mol. The van der Waals surface area contributed by atoms with Gasteiger partial charge in [-0.25, -0.2) is 4.79 Å². The van der Waals surface area contributed by atoms with Crippen molar-refractivity contribution in [1.29, 1.82) is 0 Å². The first-order chi connectivity index (χ1) is 11.7. The lowest BCUT2D eigenvalue weighted by Gasteiger charge is -2.10. The Kier molecular flexibility index (Phi) is 6.76. The molecule has 2 N–H and O–H groups in total. The normalized spacial score (nSPS) is 9.92. The molecule has 128 valence electrons. The lowest BCUT2D eigenvalue weighted by molar-refractivity contribution is 0.236.